The monoisotopic (exact) mass is 234 g/mol. The minimum Gasteiger partial charge on any atom is -0.328 e. The Kier molecular flexibility index (Phi) is 4.55. The molecule has 0 atom stereocenters. The molecular formula is C10H22N2O2S. The summed E-state index contributed by atoms with van der Waals surface area (Å²) in [5, 5.41) is 0. The average Bonchev–Trinajstić information content (AvgIpc) is 2.13. The molecule has 90 valence electrons. The van der Waals surface area contributed by atoms with E-state index in [4.69, 9.17) is 5.73 Å². The fraction of sp³-hybridized carbons (Fsp3) is 1.00. The molecular weight excluding hydrogens is 212 g/mol. The zero-order valence-corrected chi connectivity index (χ0v) is 10.5. The summed E-state index contributed by atoms with van der Waals surface area (Å²) in [7, 11) is -0.835. The van der Waals surface area contributed by atoms with Crippen LogP contribution in [-0.2, 0) is 9.84 Å². The van der Waals surface area contributed by atoms with Crippen LogP contribution in [0, 0.1) is 5.92 Å². The van der Waals surface area contributed by atoms with E-state index in [2.05, 4.69) is 4.90 Å². The lowest BCUT2D eigenvalue weighted by atomic mass is 9.81. The van der Waals surface area contributed by atoms with Crippen LogP contribution in [0.15, 0.2) is 0 Å². The van der Waals surface area contributed by atoms with Gasteiger partial charge >= 0.3 is 0 Å². The predicted molar refractivity (Wildman–Crippen MR) is 62.5 cm³/mol. The van der Waals surface area contributed by atoms with Crippen molar-refractivity contribution in [2.45, 2.75) is 25.8 Å². The second-order valence-corrected chi connectivity index (χ2v) is 7.07. The Morgan fingerprint density at radius 1 is 1.40 bits per heavy atom. The van der Waals surface area contributed by atoms with Crippen molar-refractivity contribution in [2.24, 2.45) is 11.7 Å². The second-order valence-electron chi connectivity index (χ2n) is 4.60. The van der Waals surface area contributed by atoms with Crippen LogP contribution >= 0.6 is 0 Å². The third kappa shape index (κ3) is 4.49. The molecule has 1 fully saturated rings. The molecule has 4 nitrogen and oxygen atoms in total. The van der Waals surface area contributed by atoms with E-state index < -0.39 is 9.84 Å². The number of nitrogens with zero attached hydrogens (tertiary/aromatic N) is 1. The van der Waals surface area contributed by atoms with Gasteiger partial charge < -0.3 is 10.6 Å². The van der Waals surface area contributed by atoms with Crippen molar-refractivity contribution in [2.75, 3.05) is 31.6 Å². The van der Waals surface area contributed by atoms with Gasteiger partial charge in [0.05, 0.1) is 5.75 Å². The fourth-order valence-electron chi connectivity index (χ4n) is 1.91. The van der Waals surface area contributed by atoms with Crippen LogP contribution in [0.3, 0.4) is 0 Å². The first kappa shape index (κ1) is 12.9. The molecule has 0 radical (unpaired) electrons. The number of hydrogen-bond acceptors (Lipinski definition) is 4. The Bertz CT molecular complexity index is 284. The first-order valence-electron chi connectivity index (χ1n) is 5.57. The largest absolute Gasteiger partial charge is 0.328 e. The quantitative estimate of drug-likeness (QED) is 0.707. The van der Waals surface area contributed by atoms with E-state index in [1.165, 1.54) is 0 Å². The molecule has 0 aromatic rings. The molecule has 0 bridgehead atoms. The standard InChI is InChI=1S/C10H22N2O2S/c1-3-15(13,14)5-4-12(2)8-9-6-10(11)7-9/h9-10H,3-8,11H2,1-2H3. The zero-order chi connectivity index (χ0) is 11.5. The van der Waals surface area contributed by atoms with Gasteiger partial charge in [-0.15, -0.1) is 0 Å². The summed E-state index contributed by atoms with van der Waals surface area (Å²) in [4.78, 5) is 2.10. The van der Waals surface area contributed by atoms with Crippen LogP contribution in [0.4, 0.5) is 0 Å². The molecule has 0 saturated heterocycles. The highest BCUT2D eigenvalue weighted by atomic mass is 32.2. The molecule has 1 saturated carbocycles. The van der Waals surface area contributed by atoms with Crippen molar-refractivity contribution in [1.82, 2.24) is 4.90 Å². The topological polar surface area (TPSA) is 63.4 Å². The molecule has 5 heteroatoms. The summed E-state index contributed by atoms with van der Waals surface area (Å²) in [5.74, 6) is 1.20. The molecule has 0 amide bonds. The molecule has 0 unspecified atom stereocenters. The Morgan fingerprint density at radius 2 is 2.00 bits per heavy atom. The highest BCUT2D eigenvalue weighted by molar-refractivity contribution is 7.91. The smallest absolute Gasteiger partial charge is 0.151 e. The number of rotatable bonds is 6. The molecule has 1 aliphatic rings. The van der Waals surface area contributed by atoms with Gasteiger partial charge in [0.25, 0.3) is 0 Å². The first-order valence-corrected chi connectivity index (χ1v) is 7.39. The third-order valence-electron chi connectivity index (χ3n) is 3.07. The van der Waals surface area contributed by atoms with Crippen LogP contribution in [0.1, 0.15) is 19.8 Å². The number of hydrogen-bond donors (Lipinski definition) is 1. The second kappa shape index (κ2) is 5.27. The van der Waals surface area contributed by atoms with E-state index in [1.807, 2.05) is 7.05 Å². The molecule has 0 aliphatic heterocycles. The highest BCUT2D eigenvalue weighted by Gasteiger charge is 2.26. The third-order valence-corrected chi connectivity index (χ3v) is 4.75. The molecule has 15 heavy (non-hydrogen) atoms. The molecule has 0 spiro atoms. The van der Waals surface area contributed by atoms with Crippen molar-refractivity contribution in [3.8, 4) is 0 Å². The number of sulfone groups is 1. The molecule has 0 aromatic heterocycles. The zero-order valence-electron chi connectivity index (χ0n) is 9.65. The first-order chi connectivity index (χ1) is 6.93. The van der Waals surface area contributed by atoms with Crippen LogP contribution < -0.4 is 5.73 Å². The van der Waals surface area contributed by atoms with Crippen molar-refractivity contribution >= 4 is 9.84 Å². The van der Waals surface area contributed by atoms with Crippen molar-refractivity contribution in [3.05, 3.63) is 0 Å². The van der Waals surface area contributed by atoms with Gasteiger partial charge in [-0.3, -0.25) is 0 Å². The Balaban J connectivity index is 2.16. The summed E-state index contributed by atoms with van der Waals surface area (Å²) in [6.45, 7) is 3.31. The van der Waals surface area contributed by atoms with Crippen LogP contribution in [-0.4, -0.2) is 51.0 Å². The minimum absolute atomic E-state index is 0.245. The SMILES string of the molecule is CCS(=O)(=O)CCN(C)CC1CC(N)C1. The molecule has 1 rings (SSSR count). The maximum absolute atomic E-state index is 11.3. The lowest BCUT2D eigenvalue weighted by Crippen LogP contribution is -2.42. The Hall–Kier alpha value is -0.130. The van der Waals surface area contributed by atoms with Gasteiger partial charge in [0.15, 0.2) is 9.84 Å². The van der Waals surface area contributed by atoms with Crippen LogP contribution in [0.25, 0.3) is 0 Å². The van der Waals surface area contributed by atoms with Crippen LogP contribution in [0.5, 0.6) is 0 Å². The predicted octanol–water partition coefficient (Wildman–Crippen LogP) is 0.0902. The van der Waals surface area contributed by atoms with Crippen molar-refractivity contribution in [1.29, 1.82) is 0 Å². The van der Waals surface area contributed by atoms with E-state index in [1.54, 1.807) is 6.92 Å². The van der Waals surface area contributed by atoms with E-state index in [0.29, 0.717) is 18.5 Å². The lowest BCUT2D eigenvalue weighted by Gasteiger charge is -2.35. The minimum atomic E-state index is -2.82. The summed E-state index contributed by atoms with van der Waals surface area (Å²) >= 11 is 0. The van der Waals surface area contributed by atoms with Gasteiger partial charge in [-0.05, 0) is 25.8 Å². The van der Waals surface area contributed by atoms with Gasteiger partial charge in [0.2, 0.25) is 0 Å². The van der Waals surface area contributed by atoms with E-state index in [-0.39, 0.29) is 11.5 Å². The van der Waals surface area contributed by atoms with E-state index in [0.717, 1.165) is 19.4 Å². The maximum Gasteiger partial charge on any atom is 0.151 e. The van der Waals surface area contributed by atoms with E-state index in [9.17, 15) is 8.42 Å². The summed E-state index contributed by atoms with van der Waals surface area (Å²) in [6, 6.07) is 0.378. The number of nitrogens with two attached hydrogens (primary N) is 1. The van der Waals surface area contributed by atoms with Crippen molar-refractivity contribution < 1.29 is 8.42 Å². The van der Waals surface area contributed by atoms with E-state index >= 15 is 0 Å². The Morgan fingerprint density at radius 3 is 2.47 bits per heavy atom. The van der Waals surface area contributed by atoms with Crippen molar-refractivity contribution in [3.63, 3.8) is 0 Å². The van der Waals surface area contributed by atoms with Gasteiger partial charge in [-0.25, -0.2) is 8.42 Å². The van der Waals surface area contributed by atoms with Gasteiger partial charge in [0.1, 0.15) is 0 Å². The molecule has 0 aromatic carbocycles. The summed E-state index contributed by atoms with van der Waals surface area (Å²) < 4.78 is 22.6. The summed E-state index contributed by atoms with van der Waals surface area (Å²) in [6.07, 6.45) is 2.18. The normalized spacial score (nSPS) is 26.7. The summed E-state index contributed by atoms with van der Waals surface area (Å²) in [5.41, 5.74) is 5.69. The highest BCUT2D eigenvalue weighted by Crippen LogP contribution is 2.25. The van der Waals surface area contributed by atoms with Gasteiger partial charge in [-0.2, -0.15) is 0 Å². The maximum atomic E-state index is 11.3. The molecule has 2 N–H and O–H groups in total. The van der Waals surface area contributed by atoms with Gasteiger partial charge in [-0.1, -0.05) is 6.92 Å². The average molecular weight is 234 g/mol. The Labute approximate surface area is 92.7 Å². The lowest BCUT2D eigenvalue weighted by molar-refractivity contribution is 0.188. The fourth-order valence-corrected chi connectivity index (χ4v) is 2.79. The van der Waals surface area contributed by atoms with Crippen LogP contribution in [0.2, 0.25) is 0 Å². The molecule has 1 aliphatic carbocycles. The van der Waals surface area contributed by atoms with Gasteiger partial charge in [0, 0.05) is 24.9 Å². The molecule has 0 heterocycles.